The summed E-state index contributed by atoms with van der Waals surface area (Å²) < 4.78 is 0.942. The van der Waals surface area contributed by atoms with Crippen LogP contribution in [0.25, 0.3) is 0 Å². The number of hydrogen-bond acceptors (Lipinski definition) is 3. The van der Waals surface area contributed by atoms with Crippen molar-refractivity contribution in [3.05, 3.63) is 34.3 Å². The second-order valence-corrected chi connectivity index (χ2v) is 6.75. The van der Waals surface area contributed by atoms with Gasteiger partial charge < -0.3 is 10.4 Å². The summed E-state index contributed by atoms with van der Waals surface area (Å²) in [6.45, 7) is 2.21. The van der Waals surface area contributed by atoms with Gasteiger partial charge in [0.1, 0.15) is 6.04 Å². The van der Waals surface area contributed by atoms with Gasteiger partial charge in [0.25, 0.3) is 0 Å². The maximum Gasteiger partial charge on any atom is 0.327 e. The molecule has 2 N–H and O–H groups in total. The molecule has 0 bridgehead atoms. The number of amides is 2. The van der Waals surface area contributed by atoms with Gasteiger partial charge in [-0.05, 0) is 24.6 Å². The average Bonchev–Trinajstić information content (AvgIpc) is 2.78. The molecular weight excluding hydrogens is 344 g/mol. The van der Waals surface area contributed by atoms with E-state index in [0.29, 0.717) is 12.3 Å². The van der Waals surface area contributed by atoms with E-state index in [-0.39, 0.29) is 11.4 Å². The molecule has 1 aliphatic heterocycles. The monoisotopic (exact) mass is 358 g/mol. The summed E-state index contributed by atoms with van der Waals surface area (Å²) in [4.78, 5) is 24.7. The standard InChI is InChI=1S/C13H15BrN2O3S/c1-8-16(11(7-20-8)12(17)18)13(19)15-6-9-3-2-4-10(14)5-9/h2-5,8,11H,6-7H2,1H3,(H,15,19)(H,17,18). The van der Waals surface area contributed by atoms with Gasteiger partial charge in [-0.3, -0.25) is 4.90 Å². The molecule has 1 heterocycles. The van der Waals surface area contributed by atoms with Crippen LogP contribution >= 0.6 is 27.7 Å². The molecule has 0 aromatic heterocycles. The smallest absolute Gasteiger partial charge is 0.327 e. The van der Waals surface area contributed by atoms with E-state index in [4.69, 9.17) is 5.11 Å². The molecule has 0 spiro atoms. The Bertz CT molecular complexity index is 526. The van der Waals surface area contributed by atoms with Crippen LogP contribution in [0, 0.1) is 0 Å². The number of urea groups is 1. The van der Waals surface area contributed by atoms with Crippen LogP contribution < -0.4 is 5.32 Å². The number of nitrogens with one attached hydrogen (secondary N) is 1. The quantitative estimate of drug-likeness (QED) is 0.870. The summed E-state index contributed by atoms with van der Waals surface area (Å²) in [5.74, 6) is -0.527. The number of halogens is 1. The van der Waals surface area contributed by atoms with Gasteiger partial charge in [-0.2, -0.15) is 0 Å². The van der Waals surface area contributed by atoms with E-state index < -0.39 is 12.0 Å². The largest absolute Gasteiger partial charge is 0.480 e. The SMILES string of the molecule is CC1SCC(C(=O)O)N1C(=O)NCc1cccc(Br)c1. The number of carbonyl (C=O) groups excluding carboxylic acids is 1. The fraction of sp³-hybridized carbons (Fsp3) is 0.385. The van der Waals surface area contributed by atoms with Crippen LogP contribution in [-0.2, 0) is 11.3 Å². The molecule has 1 fully saturated rings. The Morgan fingerprint density at radius 1 is 1.55 bits per heavy atom. The number of hydrogen-bond donors (Lipinski definition) is 2. The summed E-state index contributed by atoms with van der Waals surface area (Å²) >= 11 is 4.84. The van der Waals surface area contributed by atoms with Crippen LogP contribution in [0.4, 0.5) is 4.79 Å². The first-order valence-electron chi connectivity index (χ1n) is 6.14. The van der Waals surface area contributed by atoms with Gasteiger partial charge in [0, 0.05) is 16.8 Å². The van der Waals surface area contributed by atoms with Gasteiger partial charge in [0.05, 0.1) is 5.37 Å². The normalized spacial score (nSPS) is 21.8. The highest BCUT2D eigenvalue weighted by atomic mass is 79.9. The number of thioether (sulfide) groups is 1. The number of carboxylic acid groups (broad SMARTS) is 1. The third-order valence-electron chi connectivity index (χ3n) is 3.08. The molecule has 0 radical (unpaired) electrons. The number of rotatable bonds is 3. The van der Waals surface area contributed by atoms with Crippen molar-refractivity contribution in [2.24, 2.45) is 0 Å². The molecule has 1 aromatic carbocycles. The Kier molecular flexibility index (Phi) is 4.93. The molecule has 2 unspecified atom stereocenters. The number of carboxylic acids is 1. The number of carbonyl (C=O) groups is 2. The predicted molar refractivity (Wildman–Crippen MR) is 81.6 cm³/mol. The van der Waals surface area contributed by atoms with E-state index in [2.05, 4.69) is 21.2 Å². The van der Waals surface area contributed by atoms with Gasteiger partial charge in [0.2, 0.25) is 0 Å². The lowest BCUT2D eigenvalue weighted by molar-refractivity contribution is -0.141. The highest BCUT2D eigenvalue weighted by Gasteiger charge is 2.39. The lowest BCUT2D eigenvalue weighted by Gasteiger charge is -2.25. The van der Waals surface area contributed by atoms with Gasteiger partial charge in [-0.25, -0.2) is 9.59 Å². The topological polar surface area (TPSA) is 69.6 Å². The highest BCUT2D eigenvalue weighted by Crippen LogP contribution is 2.28. The van der Waals surface area contributed by atoms with Crippen molar-refractivity contribution in [1.82, 2.24) is 10.2 Å². The second kappa shape index (κ2) is 6.49. The first-order valence-corrected chi connectivity index (χ1v) is 7.98. The fourth-order valence-corrected chi connectivity index (χ4v) is 3.67. The lowest BCUT2D eigenvalue weighted by Crippen LogP contribution is -2.49. The van der Waals surface area contributed by atoms with Gasteiger partial charge in [-0.15, -0.1) is 11.8 Å². The van der Waals surface area contributed by atoms with Crippen molar-refractivity contribution in [2.75, 3.05) is 5.75 Å². The molecule has 20 heavy (non-hydrogen) atoms. The van der Waals surface area contributed by atoms with E-state index in [1.165, 1.54) is 16.7 Å². The summed E-state index contributed by atoms with van der Waals surface area (Å²) in [5.41, 5.74) is 0.958. The minimum atomic E-state index is -0.959. The average molecular weight is 359 g/mol. The predicted octanol–water partition coefficient (Wildman–Crippen LogP) is 2.51. The molecule has 0 aliphatic carbocycles. The third-order valence-corrected chi connectivity index (χ3v) is 4.79. The summed E-state index contributed by atoms with van der Waals surface area (Å²) in [5, 5.41) is 11.8. The summed E-state index contributed by atoms with van der Waals surface area (Å²) in [7, 11) is 0. The van der Waals surface area contributed by atoms with Gasteiger partial charge >= 0.3 is 12.0 Å². The summed E-state index contributed by atoms with van der Waals surface area (Å²) in [6.07, 6.45) is 0. The molecule has 1 aromatic rings. The van der Waals surface area contributed by atoms with Crippen molar-refractivity contribution < 1.29 is 14.7 Å². The zero-order valence-electron chi connectivity index (χ0n) is 10.9. The molecule has 108 valence electrons. The van der Waals surface area contributed by atoms with E-state index in [1.807, 2.05) is 31.2 Å². The molecular formula is C13H15BrN2O3S. The van der Waals surface area contributed by atoms with E-state index in [0.717, 1.165) is 10.0 Å². The molecule has 5 nitrogen and oxygen atoms in total. The number of benzene rings is 1. The third kappa shape index (κ3) is 3.46. The van der Waals surface area contributed by atoms with E-state index in [1.54, 1.807) is 0 Å². The first-order chi connectivity index (χ1) is 9.49. The van der Waals surface area contributed by atoms with E-state index >= 15 is 0 Å². The van der Waals surface area contributed by atoms with Crippen molar-refractivity contribution in [1.29, 1.82) is 0 Å². The zero-order chi connectivity index (χ0) is 14.7. The molecule has 1 aliphatic rings. The minimum Gasteiger partial charge on any atom is -0.480 e. The number of nitrogens with zero attached hydrogens (tertiary/aromatic N) is 1. The summed E-state index contributed by atoms with van der Waals surface area (Å²) in [6, 6.07) is 6.52. The second-order valence-electron chi connectivity index (χ2n) is 4.48. The molecule has 7 heteroatoms. The molecule has 2 amide bonds. The van der Waals surface area contributed by atoms with Crippen molar-refractivity contribution in [3.8, 4) is 0 Å². The zero-order valence-corrected chi connectivity index (χ0v) is 13.3. The van der Waals surface area contributed by atoms with E-state index in [9.17, 15) is 9.59 Å². The lowest BCUT2D eigenvalue weighted by atomic mass is 10.2. The minimum absolute atomic E-state index is 0.126. The Morgan fingerprint density at radius 3 is 2.95 bits per heavy atom. The van der Waals surface area contributed by atoms with Crippen molar-refractivity contribution in [2.45, 2.75) is 24.9 Å². The van der Waals surface area contributed by atoms with Gasteiger partial charge in [0.15, 0.2) is 0 Å². The molecule has 2 atom stereocenters. The Balaban J connectivity index is 1.99. The van der Waals surface area contributed by atoms with Gasteiger partial charge in [-0.1, -0.05) is 28.1 Å². The van der Waals surface area contributed by atoms with Crippen LogP contribution in [0.3, 0.4) is 0 Å². The highest BCUT2D eigenvalue weighted by molar-refractivity contribution is 9.10. The Labute approximate surface area is 129 Å². The van der Waals surface area contributed by atoms with Crippen LogP contribution in [0.5, 0.6) is 0 Å². The Hall–Kier alpha value is -1.21. The fourth-order valence-electron chi connectivity index (χ4n) is 2.06. The molecule has 2 rings (SSSR count). The van der Waals surface area contributed by atoms with Crippen molar-refractivity contribution >= 4 is 39.7 Å². The maximum absolute atomic E-state index is 12.2. The van der Waals surface area contributed by atoms with Crippen LogP contribution in [0.1, 0.15) is 12.5 Å². The first kappa shape index (κ1) is 15.2. The Morgan fingerprint density at radius 2 is 2.30 bits per heavy atom. The van der Waals surface area contributed by atoms with Crippen LogP contribution in [0.15, 0.2) is 28.7 Å². The van der Waals surface area contributed by atoms with Crippen molar-refractivity contribution in [3.63, 3.8) is 0 Å². The molecule has 1 saturated heterocycles. The maximum atomic E-state index is 12.2. The molecule has 0 saturated carbocycles. The van der Waals surface area contributed by atoms with Crippen LogP contribution in [-0.4, -0.2) is 39.2 Å². The number of aliphatic carboxylic acids is 1. The van der Waals surface area contributed by atoms with Crippen LogP contribution in [0.2, 0.25) is 0 Å².